The summed E-state index contributed by atoms with van der Waals surface area (Å²) in [7, 11) is 2.05. The van der Waals surface area contributed by atoms with Crippen LogP contribution in [0.3, 0.4) is 0 Å². The van der Waals surface area contributed by atoms with Crippen molar-refractivity contribution in [3.05, 3.63) is 42.9 Å². The number of halogens is 1. The standard InChI is InChI=1S/C23H27FN6O/c1-22-4-5-23(2,13-22)11-15(10-22)29(3)20-12-26-21(28-27-20)16-8-17(24)18(9-19(16)31)30-7-6-25-14-30/h6-9,12,14-15,31H,4-5,10-11,13H2,1-3H3/t15-,22-,23+. The van der Waals surface area contributed by atoms with Crippen molar-refractivity contribution < 1.29 is 9.50 Å². The van der Waals surface area contributed by atoms with E-state index in [2.05, 4.69) is 38.9 Å². The number of fused-ring (bicyclic) bond motifs is 2. The smallest absolute Gasteiger partial charge is 0.185 e. The molecule has 8 heteroatoms. The van der Waals surface area contributed by atoms with Crippen LogP contribution < -0.4 is 4.90 Å². The van der Waals surface area contributed by atoms with Gasteiger partial charge in [-0.25, -0.2) is 14.4 Å². The van der Waals surface area contributed by atoms with Crippen LogP contribution in [-0.4, -0.2) is 42.9 Å². The van der Waals surface area contributed by atoms with E-state index in [9.17, 15) is 9.50 Å². The number of anilines is 1. The summed E-state index contributed by atoms with van der Waals surface area (Å²) in [4.78, 5) is 10.5. The second-order valence-corrected chi connectivity index (χ2v) is 9.90. The molecule has 0 spiro atoms. The summed E-state index contributed by atoms with van der Waals surface area (Å²) in [5.74, 6) is 0.262. The Balaban J connectivity index is 1.39. The summed E-state index contributed by atoms with van der Waals surface area (Å²) in [6, 6.07) is 2.97. The molecular formula is C23H27FN6O. The fourth-order valence-corrected chi connectivity index (χ4v) is 5.71. The van der Waals surface area contributed by atoms with Crippen molar-refractivity contribution in [3.8, 4) is 22.8 Å². The molecule has 2 aromatic heterocycles. The molecule has 0 radical (unpaired) electrons. The normalized spacial score (nSPS) is 27.4. The van der Waals surface area contributed by atoms with Gasteiger partial charge in [-0.15, -0.1) is 10.2 Å². The highest BCUT2D eigenvalue weighted by molar-refractivity contribution is 5.66. The summed E-state index contributed by atoms with van der Waals surface area (Å²) in [6.07, 6.45) is 12.4. The highest BCUT2D eigenvalue weighted by Gasteiger charge is 2.50. The Kier molecular flexibility index (Phi) is 4.50. The second-order valence-electron chi connectivity index (χ2n) is 9.90. The molecule has 2 fully saturated rings. The van der Waals surface area contributed by atoms with Crippen LogP contribution in [0.2, 0.25) is 0 Å². The minimum Gasteiger partial charge on any atom is -0.507 e. The Bertz CT molecular complexity index is 1080. The fraction of sp³-hybridized carbons (Fsp3) is 0.478. The maximum absolute atomic E-state index is 14.6. The van der Waals surface area contributed by atoms with Gasteiger partial charge in [0, 0.05) is 31.5 Å². The van der Waals surface area contributed by atoms with Gasteiger partial charge in [0.2, 0.25) is 0 Å². The second kappa shape index (κ2) is 7.00. The average Bonchev–Trinajstić information content (AvgIpc) is 3.34. The van der Waals surface area contributed by atoms with Crippen LogP contribution >= 0.6 is 0 Å². The minimum atomic E-state index is -0.505. The van der Waals surface area contributed by atoms with Crippen molar-refractivity contribution in [1.29, 1.82) is 0 Å². The van der Waals surface area contributed by atoms with E-state index in [0.29, 0.717) is 22.7 Å². The number of nitrogens with zero attached hydrogens (tertiary/aromatic N) is 6. The van der Waals surface area contributed by atoms with E-state index in [1.807, 2.05) is 7.05 Å². The molecule has 5 rings (SSSR count). The molecule has 2 aliphatic carbocycles. The van der Waals surface area contributed by atoms with Gasteiger partial charge in [-0.1, -0.05) is 13.8 Å². The Hall–Kier alpha value is -3.03. The lowest BCUT2D eigenvalue weighted by molar-refractivity contribution is 0.148. The molecule has 2 bridgehead atoms. The van der Waals surface area contributed by atoms with E-state index in [1.165, 1.54) is 42.3 Å². The van der Waals surface area contributed by atoms with Gasteiger partial charge >= 0.3 is 0 Å². The largest absolute Gasteiger partial charge is 0.507 e. The number of benzene rings is 1. The van der Waals surface area contributed by atoms with Crippen LogP contribution in [0, 0.1) is 16.6 Å². The van der Waals surface area contributed by atoms with Gasteiger partial charge in [0.25, 0.3) is 0 Å². The van der Waals surface area contributed by atoms with Crippen LogP contribution in [0.15, 0.2) is 37.1 Å². The van der Waals surface area contributed by atoms with Gasteiger partial charge in [-0.3, -0.25) is 0 Å². The van der Waals surface area contributed by atoms with Crippen LogP contribution in [0.1, 0.15) is 46.0 Å². The zero-order valence-corrected chi connectivity index (χ0v) is 18.1. The molecule has 0 saturated heterocycles. The Labute approximate surface area is 181 Å². The van der Waals surface area contributed by atoms with Crippen molar-refractivity contribution >= 4 is 5.82 Å². The van der Waals surface area contributed by atoms with Crippen molar-refractivity contribution in [1.82, 2.24) is 24.7 Å². The molecule has 0 amide bonds. The summed E-state index contributed by atoms with van der Waals surface area (Å²) < 4.78 is 16.1. The van der Waals surface area contributed by atoms with E-state index < -0.39 is 5.82 Å². The zero-order valence-electron chi connectivity index (χ0n) is 18.1. The van der Waals surface area contributed by atoms with Gasteiger partial charge in [0.1, 0.15) is 11.6 Å². The number of hydrogen-bond acceptors (Lipinski definition) is 6. The minimum absolute atomic E-state index is 0.113. The topological polar surface area (TPSA) is 80.0 Å². The highest BCUT2D eigenvalue weighted by atomic mass is 19.1. The summed E-state index contributed by atoms with van der Waals surface area (Å²) in [5, 5.41) is 19.0. The van der Waals surface area contributed by atoms with E-state index in [0.717, 1.165) is 12.8 Å². The molecule has 2 heterocycles. The molecule has 7 nitrogen and oxygen atoms in total. The van der Waals surface area contributed by atoms with E-state index in [1.54, 1.807) is 18.6 Å². The number of aromatic hydroxyl groups is 1. The SMILES string of the molecule is CN(c1cnc(-c2cc(F)c(-n3ccnc3)cc2O)nn1)[C@H]1C[C@]2(C)CC[C@](C)(C1)C2. The highest BCUT2D eigenvalue weighted by Crippen LogP contribution is 2.58. The molecule has 0 unspecified atom stereocenters. The number of phenolic OH excluding ortho intramolecular Hbond substituents is 1. The summed E-state index contributed by atoms with van der Waals surface area (Å²) >= 11 is 0. The van der Waals surface area contributed by atoms with Crippen LogP contribution in [0.25, 0.3) is 17.1 Å². The molecule has 3 aromatic rings. The first kappa shape index (κ1) is 19.9. The number of hydrogen-bond donors (Lipinski definition) is 1. The molecule has 1 aromatic carbocycles. The maximum Gasteiger partial charge on any atom is 0.185 e. The van der Waals surface area contributed by atoms with Gasteiger partial charge in [-0.2, -0.15) is 0 Å². The summed E-state index contributed by atoms with van der Waals surface area (Å²) in [6.45, 7) is 4.80. The summed E-state index contributed by atoms with van der Waals surface area (Å²) in [5.41, 5.74) is 1.20. The molecule has 31 heavy (non-hydrogen) atoms. The molecular weight excluding hydrogens is 395 g/mol. The molecule has 2 aliphatic rings. The number of rotatable bonds is 4. The van der Waals surface area contributed by atoms with Crippen molar-refractivity contribution in [2.24, 2.45) is 10.8 Å². The molecule has 2 saturated carbocycles. The lowest BCUT2D eigenvalue weighted by Gasteiger charge is -2.44. The lowest BCUT2D eigenvalue weighted by Crippen LogP contribution is -2.43. The third-order valence-corrected chi connectivity index (χ3v) is 7.19. The zero-order chi connectivity index (χ0) is 21.8. The Morgan fingerprint density at radius 1 is 1.16 bits per heavy atom. The molecule has 0 aliphatic heterocycles. The van der Waals surface area contributed by atoms with Gasteiger partial charge in [-0.05, 0) is 49.0 Å². The van der Waals surface area contributed by atoms with Crippen molar-refractivity contribution in [2.45, 2.75) is 52.0 Å². The monoisotopic (exact) mass is 422 g/mol. The number of aromatic nitrogens is 5. The predicted molar refractivity (Wildman–Crippen MR) is 115 cm³/mol. The first-order chi connectivity index (χ1) is 14.8. The number of phenols is 1. The van der Waals surface area contributed by atoms with E-state index >= 15 is 0 Å². The fourth-order valence-electron chi connectivity index (χ4n) is 5.71. The van der Waals surface area contributed by atoms with Crippen molar-refractivity contribution in [3.63, 3.8) is 0 Å². The van der Waals surface area contributed by atoms with E-state index in [4.69, 9.17) is 0 Å². The Morgan fingerprint density at radius 3 is 2.52 bits per heavy atom. The van der Waals surface area contributed by atoms with Gasteiger partial charge in [0.05, 0.1) is 23.8 Å². The molecule has 1 N–H and O–H groups in total. The Morgan fingerprint density at radius 2 is 1.90 bits per heavy atom. The molecule has 3 atom stereocenters. The van der Waals surface area contributed by atoms with E-state index in [-0.39, 0.29) is 22.8 Å². The molecule has 162 valence electrons. The van der Waals surface area contributed by atoms with Gasteiger partial charge < -0.3 is 14.6 Å². The van der Waals surface area contributed by atoms with Crippen LogP contribution in [-0.2, 0) is 0 Å². The predicted octanol–water partition coefficient (Wildman–Crippen LogP) is 4.36. The average molecular weight is 423 g/mol. The first-order valence-corrected chi connectivity index (χ1v) is 10.7. The third kappa shape index (κ3) is 3.54. The maximum atomic E-state index is 14.6. The van der Waals surface area contributed by atoms with Crippen molar-refractivity contribution in [2.75, 3.05) is 11.9 Å². The van der Waals surface area contributed by atoms with Gasteiger partial charge in [0.15, 0.2) is 11.6 Å². The first-order valence-electron chi connectivity index (χ1n) is 10.7. The van der Waals surface area contributed by atoms with Crippen LogP contribution in [0.4, 0.5) is 10.2 Å². The third-order valence-electron chi connectivity index (χ3n) is 7.19. The lowest BCUT2D eigenvalue weighted by atomic mass is 9.68. The van der Waals surface area contributed by atoms with Crippen LogP contribution in [0.5, 0.6) is 5.75 Å². The number of imidazole rings is 1. The quantitative estimate of drug-likeness (QED) is 0.673.